The highest BCUT2D eigenvalue weighted by Gasteiger charge is 2.38. The van der Waals surface area contributed by atoms with Crippen molar-refractivity contribution in [1.29, 1.82) is 10.5 Å². The van der Waals surface area contributed by atoms with E-state index in [9.17, 15) is 14.4 Å². The van der Waals surface area contributed by atoms with Crippen molar-refractivity contribution in [2.45, 2.75) is 49.8 Å². The Morgan fingerprint density at radius 2 is 1.39 bits per heavy atom. The molecule has 16 heteroatoms. The summed E-state index contributed by atoms with van der Waals surface area (Å²) in [6, 6.07) is 10.4. The number of thiophene rings is 2. The van der Waals surface area contributed by atoms with Crippen LogP contribution < -0.4 is 5.32 Å². The molecular formula is C38H32ClN9O3S3. The highest BCUT2D eigenvalue weighted by Crippen LogP contribution is 2.43. The van der Waals surface area contributed by atoms with Gasteiger partial charge in [-0.15, -0.1) is 22.7 Å². The Bertz CT molecular complexity index is 2460. The zero-order valence-corrected chi connectivity index (χ0v) is 32.1. The number of anilines is 2. The molecule has 2 aliphatic carbocycles. The summed E-state index contributed by atoms with van der Waals surface area (Å²) in [4.78, 5) is 63.3. The van der Waals surface area contributed by atoms with Gasteiger partial charge in [0, 0.05) is 64.8 Å². The Labute approximate surface area is 327 Å². The van der Waals surface area contributed by atoms with Gasteiger partial charge in [-0.3, -0.25) is 14.4 Å². The lowest BCUT2D eigenvalue weighted by molar-refractivity contribution is -0.141. The van der Waals surface area contributed by atoms with Crippen LogP contribution in [0.4, 0.5) is 11.5 Å². The average Bonchev–Trinajstić information content (AvgIpc) is 3.82. The van der Waals surface area contributed by atoms with Gasteiger partial charge in [-0.25, -0.2) is 19.9 Å². The third kappa shape index (κ3) is 6.37. The highest BCUT2D eigenvalue weighted by molar-refractivity contribution is 8.14. The first-order valence-corrected chi connectivity index (χ1v) is 20.7. The summed E-state index contributed by atoms with van der Waals surface area (Å²) in [7, 11) is 0. The standard InChI is InChI=1S/C23H19N5O2S2.C15H13ClN4OS/c24-8-12-9-28(10-12)23(30)14-2-4-16-18(5-14)32-22-20(16)21(25-11-26-22)27-15-3-1-13-6-19(29)31-17(13)7-15;16-13-12-10-2-1-9(15(21)20-5-8(4-17)6-20)3-11(10)22-14(12)19-7-18-13/h1,3,7,11-12,14H,2,4-6,9-10H2,(H,25,26,27);7-9H,1-3,5-6H2. The molecule has 272 valence electrons. The minimum absolute atomic E-state index is 0.0120. The van der Waals surface area contributed by atoms with E-state index < -0.39 is 0 Å². The van der Waals surface area contributed by atoms with Crippen molar-refractivity contribution in [3.8, 4) is 12.1 Å². The quantitative estimate of drug-likeness (QED) is 0.208. The van der Waals surface area contributed by atoms with Crippen molar-refractivity contribution in [2.75, 3.05) is 31.5 Å². The number of fused-ring (bicyclic) bond motifs is 7. The molecule has 5 aromatic rings. The Balaban J connectivity index is 0.000000153. The Hall–Kier alpha value is -4.67. The van der Waals surface area contributed by atoms with Gasteiger partial charge in [-0.05, 0) is 67.3 Å². The number of nitriles is 2. The van der Waals surface area contributed by atoms with E-state index in [4.69, 9.17) is 22.1 Å². The van der Waals surface area contributed by atoms with Gasteiger partial charge in [0.15, 0.2) is 5.12 Å². The normalized spacial score (nSPS) is 20.5. The third-order valence-corrected chi connectivity index (χ3v) is 14.6. The average molecular weight is 794 g/mol. The number of amides is 2. The van der Waals surface area contributed by atoms with Crippen LogP contribution in [0.5, 0.6) is 0 Å². The minimum atomic E-state index is -0.0224. The number of rotatable bonds is 4. The number of nitrogens with one attached hydrogen (secondary N) is 1. The van der Waals surface area contributed by atoms with E-state index >= 15 is 0 Å². The molecule has 7 heterocycles. The summed E-state index contributed by atoms with van der Waals surface area (Å²) in [5, 5.41) is 23.9. The van der Waals surface area contributed by atoms with Crippen LogP contribution in [-0.4, -0.2) is 72.8 Å². The van der Waals surface area contributed by atoms with Crippen LogP contribution in [0.25, 0.3) is 20.4 Å². The maximum atomic E-state index is 12.8. The molecule has 0 saturated carbocycles. The maximum absolute atomic E-state index is 12.8. The highest BCUT2D eigenvalue weighted by atomic mass is 35.5. The topological polar surface area (TPSA) is 169 Å². The first-order chi connectivity index (χ1) is 26.3. The molecule has 12 nitrogen and oxygen atoms in total. The van der Waals surface area contributed by atoms with E-state index in [1.54, 1.807) is 29.0 Å². The van der Waals surface area contributed by atoms with Crippen molar-refractivity contribution in [2.24, 2.45) is 23.7 Å². The summed E-state index contributed by atoms with van der Waals surface area (Å²) in [5.74, 6) is 1.13. The second-order valence-electron chi connectivity index (χ2n) is 14.4. The van der Waals surface area contributed by atoms with Crippen molar-refractivity contribution < 1.29 is 14.4 Å². The van der Waals surface area contributed by atoms with E-state index in [1.165, 1.54) is 39.0 Å². The van der Waals surface area contributed by atoms with Gasteiger partial charge in [0.25, 0.3) is 0 Å². The van der Waals surface area contributed by atoms with Crippen molar-refractivity contribution in [1.82, 2.24) is 29.7 Å². The molecule has 1 aromatic carbocycles. The van der Waals surface area contributed by atoms with Crippen LogP contribution in [0.1, 0.15) is 39.3 Å². The van der Waals surface area contributed by atoms with E-state index in [2.05, 4.69) is 37.4 Å². The molecule has 2 unspecified atom stereocenters. The summed E-state index contributed by atoms with van der Waals surface area (Å²) in [6.45, 7) is 2.30. The van der Waals surface area contributed by atoms with Gasteiger partial charge >= 0.3 is 0 Å². The first kappa shape index (κ1) is 35.1. The predicted octanol–water partition coefficient (Wildman–Crippen LogP) is 6.13. The largest absolute Gasteiger partial charge is 0.340 e. The summed E-state index contributed by atoms with van der Waals surface area (Å²) >= 11 is 10.8. The van der Waals surface area contributed by atoms with E-state index in [1.807, 2.05) is 28.0 Å². The molecule has 5 aliphatic rings. The molecule has 2 fully saturated rings. The van der Waals surface area contributed by atoms with Crippen molar-refractivity contribution in [3.63, 3.8) is 0 Å². The molecule has 0 spiro atoms. The molecule has 1 N–H and O–H groups in total. The molecule has 2 saturated heterocycles. The number of aryl methyl sites for hydroxylation is 2. The molecule has 3 aliphatic heterocycles. The third-order valence-electron chi connectivity index (χ3n) is 11.0. The number of hydrogen-bond donors (Lipinski definition) is 1. The zero-order valence-electron chi connectivity index (χ0n) is 28.9. The molecule has 10 rings (SSSR count). The monoisotopic (exact) mass is 793 g/mol. The van der Waals surface area contributed by atoms with Gasteiger partial charge in [0.2, 0.25) is 11.8 Å². The van der Waals surface area contributed by atoms with Gasteiger partial charge in [0.05, 0.1) is 34.7 Å². The number of aromatic nitrogens is 4. The summed E-state index contributed by atoms with van der Waals surface area (Å²) in [6.07, 6.45) is 8.31. The molecule has 4 aromatic heterocycles. The van der Waals surface area contributed by atoms with Gasteiger partial charge in [-0.2, -0.15) is 10.5 Å². The maximum Gasteiger partial charge on any atom is 0.226 e. The second-order valence-corrected chi connectivity index (χ2v) is 18.0. The smallest absolute Gasteiger partial charge is 0.226 e. The molecule has 2 amide bonds. The first-order valence-electron chi connectivity index (χ1n) is 17.9. The van der Waals surface area contributed by atoms with Crippen LogP contribution >= 0.6 is 46.0 Å². The van der Waals surface area contributed by atoms with Crippen LogP contribution in [-0.2, 0) is 46.5 Å². The van der Waals surface area contributed by atoms with Crippen LogP contribution in [0.2, 0.25) is 5.15 Å². The number of carbonyl (C=O) groups excluding carboxylic acids is 3. The minimum Gasteiger partial charge on any atom is -0.340 e. The van der Waals surface area contributed by atoms with Crippen molar-refractivity contribution in [3.05, 3.63) is 62.5 Å². The Morgan fingerprint density at radius 1 is 0.815 bits per heavy atom. The van der Waals surface area contributed by atoms with E-state index in [0.717, 1.165) is 80.9 Å². The number of halogens is 1. The zero-order chi connectivity index (χ0) is 37.1. The number of nitrogens with zero attached hydrogens (tertiary/aromatic N) is 8. The van der Waals surface area contributed by atoms with Crippen molar-refractivity contribution >= 4 is 94.9 Å². The fourth-order valence-corrected chi connectivity index (χ4v) is 11.8. The van der Waals surface area contributed by atoms with Crippen LogP contribution in [0.3, 0.4) is 0 Å². The lowest BCUT2D eigenvalue weighted by Gasteiger charge is -2.38. The van der Waals surface area contributed by atoms with Crippen LogP contribution in [0.15, 0.2) is 35.7 Å². The SMILES string of the molecule is N#CC1CN(C(=O)C2CCc3c(sc4ncnc(Cl)c34)C2)C1.N#CC1CN(C(=O)C2CCc3c(sc4ncnc(Nc5ccc6c(c5)SC(=O)C6)c34)C2)C1. The molecule has 0 radical (unpaired) electrons. The molecule has 54 heavy (non-hydrogen) atoms. The molecular weight excluding hydrogens is 762 g/mol. The number of thioether (sulfide) groups is 1. The number of benzene rings is 1. The second kappa shape index (κ2) is 14.2. The summed E-state index contributed by atoms with van der Waals surface area (Å²) < 4.78 is 0. The van der Waals surface area contributed by atoms with Gasteiger partial charge in [-0.1, -0.05) is 29.4 Å². The number of hydrogen-bond acceptors (Lipinski definition) is 13. The van der Waals surface area contributed by atoms with Crippen LogP contribution in [0, 0.1) is 46.3 Å². The Kier molecular flexibility index (Phi) is 9.22. The summed E-state index contributed by atoms with van der Waals surface area (Å²) in [5.41, 5.74) is 4.43. The predicted molar refractivity (Wildman–Crippen MR) is 207 cm³/mol. The van der Waals surface area contributed by atoms with E-state index in [0.29, 0.717) is 37.8 Å². The fraction of sp³-hybridized carbons (Fsp3) is 0.395. The number of likely N-dealkylation sites (tertiary alicyclic amines) is 2. The molecule has 2 atom stereocenters. The lowest BCUT2D eigenvalue weighted by atomic mass is 9.85. The van der Waals surface area contributed by atoms with E-state index in [-0.39, 0.29) is 40.6 Å². The number of carbonyl (C=O) groups is 3. The lowest BCUT2D eigenvalue weighted by Crippen LogP contribution is -2.52. The fourth-order valence-electron chi connectivity index (χ4n) is 8.02. The van der Waals surface area contributed by atoms with Gasteiger partial charge in [0.1, 0.15) is 33.3 Å². The molecule has 0 bridgehead atoms. The Morgan fingerprint density at radius 3 is 2.00 bits per heavy atom. The van der Waals surface area contributed by atoms with Gasteiger partial charge < -0.3 is 15.1 Å².